The summed E-state index contributed by atoms with van der Waals surface area (Å²) >= 11 is 0. The molecule has 0 bridgehead atoms. The molecule has 0 spiro atoms. The minimum atomic E-state index is -0.143. The number of amides is 1. The van der Waals surface area contributed by atoms with Gasteiger partial charge in [-0.1, -0.05) is 12.1 Å². The third-order valence-corrected chi connectivity index (χ3v) is 2.90. The molecule has 1 unspecified atom stereocenters. The van der Waals surface area contributed by atoms with Gasteiger partial charge in [0.15, 0.2) is 0 Å². The average molecular weight is 220 g/mol. The highest BCUT2D eigenvalue weighted by molar-refractivity contribution is 5.83. The number of hydrogen-bond acceptors (Lipinski definition) is 2. The number of carbonyl (C=O) groups excluding carboxylic acids is 1. The monoisotopic (exact) mass is 220 g/mol. The van der Waals surface area contributed by atoms with E-state index in [0.717, 1.165) is 5.56 Å². The molecule has 2 N–H and O–H groups in total. The molecule has 1 aromatic rings. The van der Waals surface area contributed by atoms with Crippen molar-refractivity contribution in [1.29, 1.82) is 0 Å². The van der Waals surface area contributed by atoms with Gasteiger partial charge < -0.3 is 10.6 Å². The van der Waals surface area contributed by atoms with Crippen molar-refractivity contribution < 1.29 is 4.79 Å². The molecule has 1 amide bonds. The van der Waals surface area contributed by atoms with Crippen LogP contribution in [0.4, 0.5) is 5.69 Å². The molecule has 0 heterocycles. The maximum absolute atomic E-state index is 12.1. The first-order chi connectivity index (χ1) is 7.43. The van der Waals surface area contributed by atoms with E-state index in [0.29, 0.717) is 5.69 Å². The van der Waals surface area contributed by atoms with Crippen LogP contribution in [0.25, 0.3) is 0 Å². The molecule has 0 aliphatic rings. The van der Waals surface area contributed by atoms with Crippen molar-refractivity contribution in [3.63, 3.8) is 0 Å². The molecule has 0 aromatic heterocycles. The van der Waals surface area contributed by atoms with Crippen molar-refractivity contribution in [3.8, 4) is 0 Å². The molecule has 3 nitrogen and oxygen atoms in total. The second-order valence-electron chi connectivity index (χ2n) is 4.43. The van der Waals surface area contributed by atoms with Crippen molar-refractivity contribution >= 4 is 11.6 Å². The fraction of sp³-hybridized carbons (Fsp3) is 0.462. The zero-order valence-corrected chi connectivity index (χ0v) is 10.4. The van der Waals surface area contributed by atoms with E-state index in [9.17, 15) is 4.79 Å². The maximum Gasteiger partial charge on any atom is 0.229 e. The molecule has 3 heteroatoms. The van der Waals surface area contributed by atoms with Crippen LogP contribution in [0.2, 0.25) is 0 Å². The molecular formula is C13H20N2O. The predicted octanol–water partition coefficient (Wildman–Crippen LogP) is 2.24. The Morgan fingerprint density at radius 2 is 1.94 bits per heavy atom. The smallest absolute Gasteiger partial charge is 0.229 e. The van der Waals surface area contributed by atoms with Gasteiger partial charge in [0.05, 0.1) is 5.92 Å². The quantitative estimate of drug-likeness (QED) is 0.794. The van der Waals surface area contributed by atoms with E-state index in [4.69, 9.17) is 5.73 Å². The van der Waals surface area contributed by atoms with Crippen molar-refractivity contribution in [3.05, 3.63) is 29.8 Å². The number of nitrogens with zero attached hydrogens (tertiary/aromatic N) is 1. The van der Waals surface area contributed by atoms with Crippen molar-refractivity contribution in [2.24, 2.45) is 0 Å². The molecule has 0 saturated heterocycles. The lowest BCUT2D eigenvalue weighted by Crippen LogP contribution is -2.35. The highest BCUT2D eigenvalue weighted by atomic mass is 16.2. The van der Waals surface area contributed by atoms with Gasteiger partial charge in [0, 0.05) is 18.8 Å². The van der Waals surface area contributed by atoms with Gasteiger partial charge >= 0.3 is 0 Å². The van der Waals surface area contributed by atoms with Gasteiger partial charge in [-0.25, -0.2) is 0 Å². The van der Waals surface area contributed by atoms with E-state index in [1.807, 2.05) is 52.1 Å². The normalized spacial score (nSPS) is 12.6. The summed E-state index contributed by atoms with van der Waals surface area (Å²) in [5.41, 5.74) is 7.38. The van der Waals surface area contributed by atoms with Crippen LogP contribution in [0.3, 0.4) is 0 Å². The van der Waals surface area contributed by atoms with Crippen LogP contribution >= 0.6 is 0 Å². The lowest BCUT2D eigenvalue weighted by atomic mass is 9.99. The number of hydrogen-bond donors (Lipinski definition) is 1. The Balaban J connectivity index is 2.86. The summed E-state index contributed by atoms with van der Waals surface area (Å²) in [5, 5.41) is 0. The second kappa shape index (κ2) is 5.01. The fourth-order valence-electron chi connectivity index (χ4n) is 1.53. The maximum atomic E-state index is 12.1. The first-order valence-corrected chi connectivity index (χ1v) is 5.55. The summed E-state index contributed by atoms with van der Waals surface area (Å²) in [5.74, 6) is -0.0171. The van der Waals surface area contributed by atoms with Gasteiger partial charge in [-0.15, -0.1) is 0 Å². The Kier molecular flexibility index (Phi) is 3.93. The molecule has 1 rings (SSSR count). The van der Waals surface area contributed by atoms with E-state index >= 15 is 0 Å². The third-order valence-electron chi connectivity index (χ3n) is 2.90. The van der Waals surface area contributed by atoms with E-state index in [2.05, 4.69) is 0 Å². The Morgan fingerprint density at radius 3 is 2.44 bits per heavy atom. The van der Waals surface area contributed by atoms with Crippen LogP contribution in [-0.4, -0.2) is 23.9 Å². The molecule has 1 aromatic carbocycles. The summed E-state index contributed by atoms with van der Waals surface area (Å²) in [6.07, 6.45) is 0. The van der Waals surface area contributed by atoms with Crippen molar-refractivity contribution in [2.45, 2.75) is 32.7 Å². The zero-order chi connectivity index (χ0) is 12.3. The molecule has 0 aliphatic carbocycles. The largest absolute Gasteiger partial charge is 0.399 e. The Labute approximate surface area is 97.2 Å². The second-order valence-corrected chi connectivity index (χ2v) is 4.43. The van der Waals surface area contributed by atoms with Crippen LogP contribution in [0, 0.1) is 0 Å². The molecule has 0 fully saturated rings. The molecule has 0 radical (unpaired) electrons. The Morgan fingerprint density at radius 1 is 1.31 bits per heavy atom. The molecule has 88 valence electrons. The lowest BCUT2D eigenvalue weighted by molar-refractivity contribution is -0.132. The molecule has 1 atom stereocenters. The van der Waals surface area contributed by atoms with Gasteiger partial charge in [-0.05, 0) is 38.5 Å². The summed E-state index contributed by atoms with van der Waals surface area (Å²) in [6.45, 7) is 5.92. The molecular weight excluding hydrogens is 200 g/mol. The van der Waals surface area contributed by atoms with Gasteiger partial charge in [0.1, 0.15) is 0 Å². The number of benzene rings is 1. The number of rotatable bonds is 3. The van der Waals surface area contributed by atoms with Gasteiger partial charge in [-0.2, -0.15) is 0 Å². The van der Waals surface area contributed by atoms with Gasteiger partial charge in [0.2, 0.25) is 5.91 Å². The predicted molar refractivity (Wildman–Crippen MR) is 67.2 cm³/mol. The summed E-state index contributed by atoms with van der Waals surface area (Å²) < 4.78 is 0. The van der Waals surface area contributed by atoms with Crippen LogP contribution in [0.1, 0.15) is 32.3 Å². The van der Waals surface area contributed by atoms with Crippen LogP contribution < -0.4 is 5.73 Å². The van der Waals surface area contributed by atoms with Crippen molar-refractivity contribution in [2.75, 3.05) is 12.8 Å². The van der Waals surface area contributed by atoms with Crippen LogP contribution in [-0.2, 0) is 4.79 Å². The summed E-state index contributed by atoms with van der Waals surface area (Å²) in [6, 6.07) is 7.72. The topological polar surface area (TPSA) is 46.3 Å². The standard InChI is InChI=1S/C13H20N2O/c1-9(2)15(4)13(16)10(3)11-6-5-7-12(14)8-11/h5-10H,14H2,1-4H3. The SMILES string of the molecule is CC(C(=O)N(C)C(C)C)c1cccc(N)c1. The van der Waals surface area contributed by atoms with Gasteiger partial charge in [0.25, 0.3) is 0 Å². The van der Waals surface area contributed by atoms with E-state index in [1.54, 1.807) is 4.90 Å². The number of nitrogen functional groups attached to an aromatic ring is 1. The van der Waals surface area contributed by atoms with Crippen molar-refractivity contribution in [1.82, 2.24) is 4.90 Å². The third kappa shape index (κ3) is 2.75. The minimum Gasteiger partial charge on any atom is -0.399 e. The highest BCUT2D eigenvalue weighted by Gasteiger charge is 2.20. The molecule has 0 aliphatic heterocycles. The van der Waals surface area contributed by atoms with Gasteiger partial charge in [-0.3, -0.25) is 4.79 Å². The summed E-state index contributed by atoms with van der Waals surface area (Å²) in [7, 11) is 1.83. The number of likely N-dealkylation sites (N-methyl/N-ethyl adjacent to an activating group) is 1. The number of carbonyl (C=O) groups is 1. The van der Waals surface area contributed by atoms with Crippen LogP contribution in [0.5, 0.6) is 0 Å². The van der Waals surface area contributed by atoms with E-state index in [1.165, 1.54) is 0 Å². The fourth-order valence-corrected chi connectivity index (χ4v) is 1.53. The first kappa shape index (κ1) is 12.6. The first-order valence-electron chi connectivity index (χ1n) is 5.55. The van der Waals surface area contributed by atoms with E-state index < -0.39 is 0 Å². The lowest BCUT2D eigenvalue weighted by Gasteiger charge is -2.25. The summed E-state index contributed by atoms with van der Waals surface area (Å²) in [4.78, 5) is 13.8. The average Bonchev–Trinajstić information content (AvgIpc) is 2.26. The highest BCUT2D eigenvalue weighted by Crippen LogP contribution is 2.20. The Bertz CT molecular complexity index is 374. The molecule has 0 saturated carbocycles. The molecule has 16 heavy (non-hydrogen) atoms. The van der Waals surface area contributed by atoms with Crippen LogP contribution in [0.15, 0.2) is 24.3 Å². The minimum absolute atomic E-state index is 0.126. The number of anilines is 1. The van der Waals surface area contributed by atoms with E-state index in [-0.39, 0.29) is 17.9 Å². The number of nitrogens with two attached hydrogens (primary N) is 1. The Hall–Kier alpha value is -1.51. The zero-order valence-electron chi connectivity index (χ0n) is 10.4.